The second-order valence-electron chi connectivity index (χ2n) is 4.99. The molecule has 3 aliphatic rings. The van der Waals surface area contributed by atoms with E-state index in [2.05, 4.69) is 0 Å². The van der Waals surface area contributed by atoms with E-state index in [1.807, 2.05) is 0 Å². The van der Waals surface area contributed by atoms with Crippen LogP contribution in [0.25, 0.3) is 0 Å². The van der Waals surface area contributed by atoms with Gasteiger partial charge in [-0.05, 0) is 25.3 Å². The number of rotatable bonds is 3. The Morgan fingerprint density at radius 2 is 2.35 bits per heavy atom. The SMILES string of the molecule is C/C(CF)=C1/C(=O)N2C(C(=O)O)=C([C@@H]3CCCO3)S[C@H]12. The van der Waals surface area contributed by atoms with Crippen molar-refractivity contribution < 1.29 is 23.8 Å². The lowest BCUT2D eigenvalue weighted by atomic mass is 9.99. The number of allylic oxidation sites excluding steroid dienone is 1. The average Bonchev–Trinajstić information content (AvgIpc) is 3.03. The zero-order valence-corrected chi connectivity index (χ0v) is 11.7. The largest absolute Gasteiger partial charge is 0.477 e. The van der Waals surface area contributed by atoms with Crippen LogP contribution >= 0.6 is 11.8 Å². The van der Waals surface area contributed by atoms with Crippen LogP contribution in [-0.2, 0) is 14.3 Å². The molecule has 3 heterocycles. The van der Waals surface area contributed by atoms with E-state index < -0.39 is 23.9 Å². The van der Waals surface area contributed by atoms with Crippen molar-refractivity contribution in [2.75, 3.05) is 13.3 Å². The molecule has 0 unspecified atom stereocenters. The molecular weight excluding hydrogens is 285 g/mol. The number of amides is 1. The second-order valence-corrected chi connectivity index (χ2v) is 6.11. The molecule has 108 valence electrons. The highest BCUT2D eigenvalue weighted by molar-refractivity contribution is 8.04. The maximum absolute atomic E-state index is 12.7. The topological polar surface area (TPSA) is 66.8 Å². The Bertz CT molecular complexity index is 551. The minimum atomic E-state index is -1.13. The minimum absolute atomic E-state index is 0.00677. The molecule has 2 fully saturated rings. The number of carbonyl (C=O) groups is 2. The number of carbonyl (C=O) groups excluding carboxylic acids is 1. The fourth-order valence-corrected chi connectivity index (χ4v) is 4.32. The van der Waals surface area contributed by atoms with Gasteiger partial charge in [0.25, 0.3) is 5.91 Å². The summed E-state index contributed by atoms with van der Waals surface area (Å²) in [6, 6.07) is 0. The van der Waals surface area contributed by atoms with Gasteiger partial charge < -0.3 is 9.84 Å². The first-order valence-electron chi connectivity index (χ1n) is 6.41. The molecule has 3 aliphatic heterocycles. The van der Waals surface area contributed by atoms with Crippen molar-refractivity contribution in [1.82, 2.24) is 4.90 Å². The number of alkyl halides is 1. The van der Waals surface area contributed by atoms with Crippen LogP contribution in [0.5, 0.6) is 0 Å². The van der Waals surface area contributed by atoms with Crippen LogP contribution in [-0.4, -0.2) is 46.6 Å². The average molecular weight is 299 g/mol. The maximum Gasteiger partial charge on any atom is 0.353 e. The number of hydrogen-bond acceptors (Lipinski definition) is 4. The quantitative estimate of drug-likeness (QED) is 0.634. The predicted molar refractivity (Wildman–Crippen MR) is 70.5 cm³/mol. The van der Waals surface area contributed by atoms with E-state index in [-0.39, 0.29) is 11.8 Å². The number of aliphatic carboxylic acids is 1. The Balaban J connectivity index is 1.96. The van der Waals surface area contributed by atoms with Gasteiger partial charge in [-0.3, -0.25) is 9.69 Å². The van der Waals surface area contributed by atoms with E-state index >= 15 is 0 Å². The summed E-state index contributed by atoms with van der Waals surface area (Å²) < 4.78 is 18.3. The van der Waals surface area contributed by atoms with Crippen molar-refractivity contribution >= 4 is 23.6 Å². The van der Waals surface area contributed by atoms with Gasteiger partial charge in [0.2, 0.25) is 0 Å². The molecule has 0 aromatic rings. The first kappa shape index (κ1) is 13.6. The Morgan fingerprint density at radius 1 is 1.60 bits per heavy atom. The van der Waals surface area contributed by atoms with Gasteiger partial charge in [0.15, 0.2) is 0 Å². The first-order valence-corrected chi connectivity index (χ1v) is 7.29. The smallest absolute Gasteiger partial charge is 0.353 e. The molecule has 0 radical (unpaired) electrons. The molecule has 2 saturated heterocycles. The molecule has 5 nitrogen and oxygen atoms in total. The number of hydrogen-bond donors (Lipinski definition) is 1. The number of carboxylic acid groups (broad SMARTS) is 1. The van der Waals surface area contributed by atoms with Crippen LogP contribution in [0, 0.1) is 0 Å². The Kier molecular flexibility index (Phi) is 3.33. The zero-order valence-electron chi connectivity index (χ0n) is 10.9. The van der Waals surface area contributed by atoms with Crippen LogP contribution < -0.4 is 0 Å². The summed E-state index contributed by atoms with van der Waals surface area (Å²) >= 11 is 1.30. The molecule has 0 saturated carbocycles. The van der Waals surface area contributed by atoms with Crippen molar-refractivity contribution in [3.05, 3.63) is 21.7 Å². The Morgan fingerprint density at radius 3 is 2.90 bits per heavy atom. The van der Waals surface area contributed by atoms with Gasteiger partial charge in [0.05, 0.1) is 11.7 Å². The third-order valence-corrected chi connectivity index (χ3v) is 5.11. The monoisotopic (exact) mass is 299 g/mol. The summed E-state index contributed by atoms with van der Waals surface area (Å²) in [6.45, 7) is 1.48. The fraction of sp³-hybridized carbons (Fsp3) is 0.538. The van der Waals surface area contributed by atoms with Crippen molar-refractivity contribution in [3.8, 4) is 0 Å². The number of fused-ring (bicyclic) bond motifs is 1. The molecule has 0 bridgehead atoms. The minimum Gasteiger partial charge on any atom is -0.477 e. The van der Waals surface area contributed by atoms with Crippen molar-refractivity contribution in [2.24, 2.45) is 0 Å². The molecule has 2 atom stereocenters. The lowest BCUT2D eigenvalue weighted by Gasteiger charge is -2.38. The van der Waals surface area contributed by atoms with Crippen molar-refractivity contribution in [1.29, 1.82) is 0 Å². The van der Waals surface area contributed by atoms with Gasteiger partial charge in [-0.2, -0.15) is 0 Å². The summed E-state index contributed by atoms with van der Waals surface area (Å²) in [4.78, 5) is 25.3. The number of ether oxygens (including phenoxy) is 1. The highest BCUT2D eigenvalue weighted by atomic mass is 32.2. The van der Waals surface area contributed by atoms with Gasteiger partial charge in [-0.15, -0.1) is 0 Å². The van der Waals surface area contributed by atoms with Crippen LogP contribution in [0.1, 0.15) is 19.8 Å². The van der Waals surface area contributed by atoms with Gasteiger partial charge >= 0.3 is 5.97 Å². The summed E-state index contributed by atoms with van der Waals surface area (Å²) in [5.41, 5.74) is 0.777. The highest BCUT2D eigenvalue weighted by Gasteiger charge is 2.54. The summed E-state index contributed by atoms with van der Waals surface area (Å²) in [6.07, 6.45) is 1.39. The Labute approximate surface area is 119 Å². The highest BCUT2D eigenvalue weighted by Crippen LogP contribution is 2.52. The number of thioether (sulfide) groups is 1. The fourth-order valence-electron chi connectivity index (χ4n) is 2.72. The molecule has 0 aromatic heterocycles. The lowest BCUT2D eigenvalue weighted by Crippen LogP contribution is -2.51. The molecule has 3 rings (SSSR count). The van der Waals surface area contributed by atoms with Gasteiger partial charge in [-0.1, -0.05) is 11.8 Å². The van der Waals surface area contributed by atoms with Crippen LogP contribution in [0.3, 0.4) is 0 Å². The third-order valence-electron chi connectivity index (χ3n) is 3.73. The molecule has 20 heavy (non-hydrogen) atoms. The molecular formula is C13H14FNO4S. The van der Waals surface area contributed by atoms with Gasteiger partial charge in [0, 0.05) is 11.5 Å². The molecule has 0 spiro atoms. The number of carboxylic acids is 1. The van der Waals surface area contributed by atoms with E-state index in [0.29, 0.717) is 22.7 Å². The van der Waals surface area contributed by atoms with Crippen molar-refractivity contribution in [3.63, 3.8) is 0 Å². The number of halogens is 1. The molecule has 0 aromatic carbocycles. The van der Waals surface area contributed by atoms with E-state index in [9.17, 15) is 19.1 Å². The first-order chi connectivity index (χ1) is 9.56. The van der Waals surface area contributed by atoms with E-state index in [1.165, 1.54) is 16.7 Å². The predicted octanol–water partition coefficient (Wildman–Crippen LogP) is 1.66. The van der Waals surface area contributed by atoms with E-state index in [4.69, 9.17) is 4.74 Å². The summed E-state index contributed by atoms with van der Waals surface area (Å²) in [5.74, 6) is -1.53. The van der Waals surface area contributed by atoms with Crippen LogP contribution in [0.2, 0.25) is 0 Å². The van der Waals surface area contributed by atoms with Gasteiger partial charge in [0.1, 0.15) is 17.7 Å². The standard InChI is InChI=1S/C13H14FNO4S/c1-6(5-14)8-11(16)15-9(13(17)18)10(20-12(8)15)7-3-2-4-19-7/h7,12H,2-5H2,1H3,(H,17,18)/b8-6+/t7-,12+/m0/s1. The Hall–Kier alpha value is -1.34. The third kappa shape index (κ3) is 1.80. The van der Waals surface area contributed by atoms with Gasteiger partial charge in [-0.25, -0.2) is 9.18 Å². The summed E-state index contributed by atoms with van der Waals surface area (Å²) in [7, 11) is 0. The molecule has 1 amide bonds. The van der Waals surface area contributed by atoms with Crippen LogP contribution in [0.15, 0.2) is 21.7 Å². The normalized spacial score (nSPS) is 31.5. The molecule has 7 heteroatoms. The lowest BCUT2D eigenvalue weighted by molar-refractivity contribution is -0.141. The number of β-lactam (4-membered cyclic amide) rings is 1. The molecule has 0 aliphatic carbocycles. The summed E-state index contributed by atoms with van der Waals surface area (Å²) in [5, 5.41) is 8.96. The zero-order chi connectivity index (χ0) is 14.4. The molecule has 1 N–H and O–H groups in total. The second kappa shape index (κ2) is 4.89. The number of nitrogens with zero attached hydrogens (tertiary/aromatic N) is 1. The maximum atomic E-state index is 12.7. The van der Waals surface area contributed by atoms with Crippen LogP contribution in [0.4, 0.5) is 4.39 Å². The van der Waals surface area contributed by atoms with E-state index in [1.54, 1.807) is 6.92 Å². The van der Waals surface area contributed by atoms with Crippen molar-refractivity contribution in [2.45, 2.75) is 31.2 Å². The van der Waals surface area contributed by atoms with E-state index in [0.717, 1.165) is 12.8 Å².